The predicted octanol–water partition coefficient (Wildman–Crippen LogP) is 2.28. The van der Waals surface area contributed by atoms with Crippen LogP contribution in [0.4, 0.5) is 4.79 Å². The molecule has 1 aliphatic heterocycles. The minimum Gasteiger partial charge on any atom is -0.394 e. The fourth-order valence-electron chi connectivity index (χ4n) is 3.05. The molecule has 4 nitrogen and oxygen atoms in total. The predicted molar refractivity (Wildman–Crippen MR) is 79.7 cm³/mol. The van der Waals surface area contributed by atoms with Gasteiger partial charge in [-0.2, -0.15) is 0 Å². The highest BCUT2D eigenvalue weighted by Gasteiger charge is 2.27. The van der Waals surface area contributed by atoms with Crippen LogP contribution >= 0.6 is 0 Å². The number of aliphatic hydroxyl groups excluding tert-OH is 1. The van der Waals surface area contributed by atoms with Crippen molar-refractivity contribution in [1.82, 2.24) is 10.2 Å². The Labute approximate surface area is 120 Å². The summed E-state index contributed by atoms with van der Waals surface area (Å²) in [5, 5.41) is 12.2. The van der Waals surface area contributed by atoms with Gasteiger partial charge in [-0.1, -0.05) is 17.7 Å². The van der Waals surface area contributed by atoms with Crippen molar-refractivity contribution in [1.29, 1.82) is 0 Å². The summed E-state index contributed by atoms with van der Waals surface area (Å²) in [7, 11) is 0. The summed E-state index contributed by atoms with van der Waals surface area (Å²) in [4.78, 5) is 13.9. The molecule has 0 aliphatic carbocycles. The van der Waals surface area contributed by atoms with E-state index in [0.29, 0.717) is 6.54 Å². The van der Waals surface area contributed by atoms with Crippen molar-refractivity contribution in [3.63, 3.8) is 0 Å². The minimum atomic E-state index is -0.0686. The SMILES string of the molecule is Cc1cc(C)c(CNC(=O)N2CCCC2CO)c(C)c1. The van der Waals surface area contributed by atoms with Crippen molar-refractivity contribution >= 4 is 6.03 Å². The van der Waals surface area contributed by atoms with Crippen LogP contribution in [0.1, 0.15) is 35.1 Å². The number of aryl methyl sites for hydroxylation is 3. The molecule has 1 aromatic carbocycles. The van der Waals surface area contributed by atoms with Crippen LogP contribution in [0.5, 0.6) is 0 Å². The molecule has 1 saturated heterocycles. The normalized spacial score (nSPS) is 18.4. The third-order valence-electron chi connectivity index (χ3n) is 4.11. The Morgan fingerprint density at radius 1 is 1.35 bits per heavy atom. The third kappa shape index (κ3) is 3.12. The molecule has 1 aliphatic rings. The van der Waals surface area contributed by atoms with Crippen LogP contribution in [-0.4, -0.2) is 35.2 Å². The third-order valence-corrected chi connectivity index (χ3v) is 4.11. The Bertz CT molecular complexity index is 476. The summed E-state index contributed by atoms with van der Waals surface area (Å²) in [5.74, 6) is 0. The first-order chi connectivity index (χ1) is 9.52. The summed E-state index contributed by atoms with van der Waals surface area (Å²) in [6, 6.07) is 4.19. The molecule has 0 aromatic heterocycles. The van der Waals surface area contributed by atoms with Crippen LogP contribution in [0.3, 0.4) is 0 Å². The van der Waals surface area contributed by atoms with E-state index in [1.807, 2.05) is 0 Å². The fraction of sp³-hybridized carbons (Fsp3) is 0.562. The van der Waals surface area contributed by atoms with Gasteiger partial charge in [-0.15, -0.1) is 0 Å². The van der Waals surface area contributed by atoms with Gasteiger partial charge in [-0.3, -0.25) is 0 Å². The van der Waals surface area contributed by atoms with E-state index in [9.17, 15) is 9.90 Å². The van der Waals surface area contributed by atoms with Crippen LogP contribution in [-0.2, 0) is 6.54 Å². The second-order valence-electron chi connectivity index (χ2n) is 5.71. The average molecular weight is 276 g/mol. The maximum atomic E-state index is 12.2. The van der Waals surface area contributed by atoms with Gasteiger partial charge in [0.25, 0.3) is 0 Å². The van der Waals surface area contributed by atoms with E-state index in [-0.39, 0.29) is 18.7 Å². The molecule has 1 unspecified atom stereocenters. The molecule has 110 valence electrons. The van der Waals surface area contributed by atoms with Gasteiger partial charge in [0.05, 0.1) is 12.6 Å². The zero-order valence-corrected chi connectivity index (χ0v) is 12.6. The maximum Gasteiger partial charge on any atom is 0.317 e. The van der Waals surface area contributed by atoms with Crippen molar-refractivity contribution < 1.29 is 9.90 Å². The van der Waals surface area contributed by atoms with E-state index in [2.05, 4.69) is 38.2 Å². The van der Waals surface area contributed by atoms with Crippen molar-refractivity contribution in [2.45, 2.75) is 46.2 Å². The Morgan fingerprint density at radius 3 is 2.60 bits per heavy atom. The summed E-state index contributed by atoms with van der Waals surface area (Å²) >= 11 is 0. The number of likely N-dealkylation sites (tertiary alicyclic amines) is 1. The summed E-state index contributed by atoms with van der Waals surface area (Å²) in [5.41, 5.74) is 4.85. The van der Waals surface area contributed by atoms with E-state index in [1.54, 1.807) is 4.90 Å². The molecule has 0 saturated carbocycles. The number of rotatable bonds is 3. The molecule has 4 heteroatoms. The molecule has 0 bridgehead atoms. The van der Waals surface area contributed by atoms with Gasteiger partial charge in [0, 0.05) is 13.1 Å². The average Bonchev–Trinajstić information content (AvgIpc) is 2.85. The van der Waals surface area contributed by atoms with E-state index in [4.69, 9.17) is 0 Å². The Kier molecular flexibility index (Phi) is 4.65. The molecule has 0 radical (unpaired) electrons. The van der Waals surface area contributed by atoms with Crippen molar-refractivity contribution in [2.75, 3.05) is 13.2 Å². The van der Waals surface area contributed by atoms with Crippen LogP contribution in [0.2, 0.25) is 0 Å². The molecule has 1 aromatic rings. The maximum absolute atomic E-state index is 12.2. The topological polar surface area (TPSA) is 52.6 Å². The van der Waals surface area contributed by atoms with Crippen LogP contribution < -0.4 is 5.32 Å². The highest BCUT2D eigenvalue weighted by Crippen LogP contribution is 2.18. The molecule has 1 heterocycles. The molecule has 2 rings (SSSR count). The molecular weight excluding hydrogens is 252 g/mol. The zero-order chi connectivity index (χ0) is 14.7. The van der Waals surface area contributed by atoms with Crippen LogP contribution in [0.25, 0.3) is 0 Å². The van der Waals surface area contributed by atoms with Crippen molar-refractivity contribution in [3.05, 3.63) is 34.4 Å². The van der Waals surface area contributed by atoms with Crippen LogP contribution in [0, 0.1) is 20.8 Å². The number of hydrogen-bond acceptors (Lipinski definition) is 2. The molecule has 0 spiro atoms. The number of carbonyl (C=O) groups is 1. The lowest BCUT2D eigenvalue weighted by Gasteiger charge is -2.24. The number of hydrogen-bond donors (Lipinski definition) is 2. The van der Waals surface area contributed by atoms with Gasteiger partial charge in [0.15, 0.2) is 0 Å². The zero-order valence-electron chi connectivity index (χ0n) is 12.6. The monoisotopic (exact) mass is 276 g/mol. The quantitative estimate of drug-likeness (QED) is 0.890. The molecule has 1 atom stereocenters. The summed E-state index contributed by atoms with van der Waals surface area (Å²) in [6.45, 7) is 7.57. The largest absolute Gasteiger partial charge is 0.394 e. The number of amides is 2. The fourth-order valence-corrected chi connectivity index (χ4v) is 3.05. The highest BCUT2D eigenvalue weighted by atomic mass is 16.3. The van der Waals surface area contributed by atoms with Gasteiger partial charge >= 0.3 is 6.03 Å². The van der Waals surface area contributed by atoms with E-state index in [0.717, 1.165) is 19.4 Å². The van der Waals surface area contributed by atoms with Gasteiger partial charge < -0.3 is 15.3 Å². The first-order valence-corrected chi connectivity index (χ1v) is 7.25. The van der Waals surface area contributed by atoms with Gasteiger partial charge in [-0.25, -0.2) is 4.79 Å². The number of aliphatic hydroxyl groups is 1. The van der Waals surface area contributed by atoms with Crippen molar-refractivity contribution in [2.24, 2.45) is 0 Å². The lowest BCUT2D eigenvalue weighted by molar-refractivity contribution is 0.157. The van der Waals surface area contributed by atoms with E-state index >= 15 is 0 Å². The number of benzene rings is 1. The first kappa shape index (κ1) is 14.9. The standard InChI is InChI=1S/C16H24N2O2/c1-11-7-12(2)15(13(3)8-11)9-17-16(20)18-6-4-5-14(18)10-19/h7-8,14,19H,4-6,9-10H2,1-3H3,(H,17,20). The Morgan fingerprint density at radius 2 is 2.00 bits per heavy atom. The second-order valence-corrected chi connectivity index (χ2v) is 5.71. The lowest BCUT2D eigenvalue weighted by Crippen LogP contribution is -2.44. The van der Waals surface area contributed by atoms with Crippen molar-refractivity contribution in [3.8, 4) is 0 Å². The molecule has 20 heavy (non-hydrogen) atoms. The van der Waals surface area contributed by atoms with E-state index < -0.39 is 0 Å². The first-order valence-electron chi connectivity index (χ1n) is 7.25. The van der Waals surface area contributed by atoms with Crippen LogP contribution in [0.15, 0.2) is 12.1 Å². The molecule has 2 amide bonds. The minimum absolute atomic E-state index is 0.0183. The van der Waals surface area contributed by atoms with Gasteiger partial charge in [0.2, 0.25) is 0 Å². The molecule has 1 fully saturated rings. The summed E-state index contributed by atoms with van der Waals surface area (Å²) < 4.78 is 0. The Balaban J connectivity index is 2.00. The van der Waals surface area contributed by atoms with E-state index in [1.165, 1.54) is 22.3 Å². The number of carbonyl (C=O) groups excluding carboxylic acids is 1. The molecular formula is C16H24N2O2. The summed E-state index contributed by atoms with van der Waals surface area (Å²) in [6.07, 6.45) is 1.87. The smallest absolute Gasteiger partial charge is 0.317 e. The molecule has 2 N–H and O–H groups in total. The number of nitrogens with zero attached hydrogens (tertiary/aromatic N) is 1. The number of urea groups is 1. The Hall–Kier alpha value is -1.55. The van der Waals surface area contributed by atoms with Gasteiger partial charge in [-0.05, 0) is 50.3 Å². The highest BCUT2D eigenvalue weighted by molar-refractivity contribution is 5.75. The lowest BCUT2D eigenvalue weighted by atomic mass is 10.00. The number of nitrogens with one attached hydrogen (secondary N) is 1. The van der Waals surface area contributed by atoms with Gasteiger partial charge in [0.1, 0.15) is 0 Å². The second kappa shape index (κ2) is 6.27.